The number of alkyl halides is 1. The van der Waals surface area contributed by atoms with E-state index in [2.05, 4.69) is 15.5 Å². The lowest BCUT2D eigenvalue weighted by atomic mass is 9.65. The summed E-state index contributed by atoms with van der Waals surface area (Å²) in [6.45, 7) is 2.09. The van der Waals surface area contributed by atoms with Gasteiger partial charge in [0, 0.05) is 25.0 Å². The van der Waals surface area contributed by atoms with Crippen molar-refractivity contribution in [3.8, 4) is 0 Å². The van der Waals surface area contributed by atoms with Crippen molar-refractivity contribution >= 4 is 11.7 Å². The summed E-state index contributed by atoms with van der Waals surface area (Å²) in [4.78, 5) is 16.1. The SMILES string of the molecule is N=C(N)C1CCC2CC(C(=O)NC3CCNCC3F)N(CC3CCCC4CCCCC43)C2C1. The van der Waals surface area contributed by atoms with Crippen molar-refractivity contribution in [2.75, 3.05) is 19.6 Å². The summed E-state index contributed by atoms with van der Waals surface area (Å²) in [6.07, 6.45) is 12.9. The third-order valence-electron chi connectivity index (χ3n) is 9.96. The summed E-state index contributed by atoms with van der Waals surface area (Å²) in [5.74, 6) is 3.34. The van der Waals surface area contributed by atoms with Gasteiger partial charge in [-0.3, -0.25) is 15.1 Å². The molecule has 33 heavy (non-hydrogen) atoms. The van der Waals surface area contributed by atoms with Crippen LogP contribution in [0.3, 0.4) is 0 Å². The van der Waals surface area contributed by atoms with Crippen molar-refractivity contribution in [2.45, 2.75) is 101 Å². The normalized spacial score (nSPS) is 44.0. The van der Waals surface area contributed by atoms with Gasteiger partial charge in [-0.2, -0.15) is 0 Å². The Bertz CT molecular complexity index is 717. The lowest BCUT2D eigenvalue weighted by Gasteiger charge is -2.45. The van der Waals surface area contributed by atoms with Crippen LogP contribution in [0.5, 0.6) is 0 Å². The Hall–Kier alpha value is -1.21. The maximum Gasteiger partial charge on any atom is 0.237 e. The van der Waals surface area contributed by atoms with Crippen LogP contribution in [0, 0.1) is 35.0 Å². The molecule has 3 aliphatic carbocycles. The van der Waals surface area contributed by atoms with Gasteiger partial charge in [-0.05, 0) is 75.2 Å². The number of carbonyl (C=O) groups is 1. The summed E-state index contributed by atoms with van der Waals surface area (Å²) >= 11 is 0. The van der Waals surface area contributed by atoms with Gasteiger partial charge < -0.3 is 16.4 Å². The molecule has 5 fully saturated rings. The van der Waals surface area contributed by atoms with Crippen LogP contribution in [-0.2, 0) is 4.79 Å². The Morgan fingerprint density at radius 3 is 2.67 bits per heavy atom. The van der Waals surface area contributed by atoms with E-state index >= 15 is 0 Å². The number of piperidine rings is 1. The van der Waals surface area contributed by atoms with E-state index in [1.54, 1.807) is 0 Å². The number of nitrogens with zero attached hydrogens (tertiary/aromatic N) is 1. The first-order valence-corrected chi connectivity index (χ1v) is 13.8. The number of nitrogens with one attached hydrogen (secondary N) is 3. The van der Waals surface area contributed by atoms with Gasteiger partial charge in [0.05, 0.1) is 17.9 Å². The average molecular weight is 462 g/mol. The summed E-state index contributed by atoms with van der Waals surface area (Å²) in [6, 6.07) is -0.191. The number of halogens is 1. The molecule has 5 rings (SSSR count). The second-order valence-electron chi connectivity index (χ2n) is 11.8. The first-order valence-electron chi connectivity index (χ1n) is 13.8. The second-order valence-corrected chi connectivity index (χ2v) is 11.8. The molecule has 0 aromatic carbocycles. The number of nitrogens with two attached hydrogens (primary N) is 1. The highest BCUT2D eigenvalue weighted by molar-refractivity contribution is 5.83. The Morgan fingerprint density at radius 1 is 1.03 bits per heavy atom. The maximum absolute atomic E-state index is 14.5. The smallest absolute Gasteiger partial charge is 0.237 e. The van der Waals surface area contributed by atoms with Crippen LogP contribution in [0.25, 0.3) is 0 Å². The van der Waals surface area contributed by atoms with Crippen LogP contribution in [-0.4, -0.2) is 60.6 Å². The molecular weight excluding hydrogens is 417 g/mol. The minimum Gasteiger partial charge on any atom is -0.387 e. The molecule has 6 nitrogen and oxygen atoms in total. The number of amides is 1. The van der Waals surface area contributed by atoms with E-state index in [0.717, 1.165) is 50.6 Å². The number of amidine groups is 1. The van der Waals surface area contributed by atoms with Gasteiger partial charge in [0.2, 0.25) is 5.91 Å². The third-order valence-corrected chi connectivity index (χ3v) is 9.96. The van der Waals surface area contributed by atoms with Gasteiger partial charge in [-0.15, -0.1) is 0 Å². The summed E-state index contributed by atoms with van der Waals surface area (Å²) in [5, 5.41) is 14.2. The number of hydrogen-bond donors (Lipinski definition) is 4. The number of likely N-dealkylation sites (tertiary alicyclic amines) is 1. The Morgan fingerprint density at radius 2 is 1.85 bits per heavy atom. The van der Waals surface area contributed by atoms with Crippen molar-refractivity contribution in [3.63, 3.8) is 0 Å². The lowest BCUT2D eigenvalue weighted by Crippen LogP contribution is -2.56. The number of rotatable bonds is 5. The number of hydrogen-bond acceptors (Lipinski definition) is 4. The molecule has 0 spiro atoms. The number of carbonyl (C=O) groups excluding carboxylic acids is 1. The van der Waals surface area contributed by atoms with E-state index in [4.69, 9.17) is 11.1 Å². The molecule has 9 unspecified atom stereocenters. The summed E-state index contributed by atoms with van der Waals surface area (Å²) < 4.78 is 14.5. The van der Waals surface area contributed by atoms with Crippen molar-refractivity contribution < 1.29 is 9.18 Å². The third kappa shape index (κ3) is 4.95. The van der Waals surface area contributed by atoms with Crippen LogP contribution in [0.15, 0.2) is 0 Å². The maximum atomic E-state index is 14.5. The highest BCUT2D eigenvalue weighted by Gasteiger charge is 2.49. The fourth-order valence-corrected chi connectivity index (χ4v) is 8.18. The molecule has 2 heterocycles. The first-order chi connectivity index (χ1) is 16.0. The first kappa shape index (κ1) is 23.5. The largest absolute Gasteiger partial charge is 0.387 e. The van der Waals surface area contributed by atoms with E-state index in [9.17, 15) is 9.18 Å². The summed E-state index contributed by atoms with van der Waals surface area (Å²) in [5.41, 5.74) is 5.94. The van der Waals surface area contributed by atoms with E-state index < -0.39 is 6.17 Å². The molecule has 0 bridgehead atoms. The number of fused-ring (bicyclic) bond motifs is 2. The molecule has 1 amide bonds. The lowest BCUT2D eigenvalue weighted by molar-refractivity contribution is -0.128. The van der Waals surface area contributed by atoms with E-state index in [0.29, 0.717) is 36.7 Å². The second kappa shape index (κ2) is 10.2. The standard InChI is InChI=1S/C26H44FN5O/c27-21-14-30-11-10-22(21)31-26(33)24-12-17-8-9-18(25(28)29)13-23(17)32(24)15-19-6-3-5-16-4-1-2-7-20(16)19/h16-24,30H,1-15H2,(H3,28,29)(H,31,33). The molecule has 0 aromatic rings. The highest BCUT2D eigenvalue weighted by Crippen LogP contribution is 2.47. The molecule has 5 aliphatic rings. The molecule has 2 saturated heterocycles. The van der Waals surface area contributed by atoms with E-state index in [1.165, 1.54) is 44.9 Å². The van der Waals surface area contributed by atoms with Gasteiger partial charge in [-0.25, -0.2) is 4.39 Å². The van der Waals surface area contributed by atoms with Gasteiger partial charge >= 0.3 is 0 Å². The molecule has 2 aliphatic heterocycles. The molecule has 3 saturated carbocycles. The summed E-state index contributed by atoms with van der Waals surface area (Å²) in [7, 11) is 0. The molecule has 5 N–H and O–H groups in total. The zero-order valence-electron chi connectivity index (χ0n) is 20.1. The van der Waals surface area contributed by atoms with E-state index in [-0.39, 0.29) is 23.9 Å². The van der Waals surface area contributed by atoms with Crippen molar-refractivity contribution in [1.29, 1.82) is 5.41 Å². The minimum atomic E-state index is -1.01. The zero-order valence-corrected chi connectivity index (χ0v) is 20.1. The predicted molar refractivity (Wildman–Crippen MR) is 129 cm³/mol. The van der Waals surface area contributed by atoms with Crippen LogP contribution < -0.4 is 16.4 Å². The van der Waals surface area contributed by atoms with Crippen molar-refractivity contribution in [3.05, 3.63) is 0 Å². The minimum absolute atomic E-state index is 0.0364. The van der Waals surface area contributed by atoms with Gasteiger partial charge in [0.15, 0.2) is 0 Å². The fraction of sp³-hybridized carbons (Fsp3) is 0.923. The van der Waals surface area contributed by atoms with Crippen molar-refractivity contribution in [1.82, 2.24) is 15.5 Å². The topological polar surface area (TPSA) is 94.2 Å². The monoisotopic (exact) mass is 461 g/mol. The average Bonchev–Trinajstić information content (AvgIpc) is 3.18. The fourth-order valence-electron chi connectivity index (χ4n) is 8.18. The van der Waals surface area contributed by atoms with Crippen LogP contribution in [0.2, 0.25) is 0 Å². The van der Waals surface area contributed by atoms with E-state index in [1.807, 2.05) is 0 Å². The predicted octanol–water partition coefficient (Wildman–Crippen LogP) is 3.20. The quantitative estimate of drug-likeness (QED) is 0.374. The molecule has 9 atom stereocenters. The molecule has 0 radical (unpaired) electrons. The zero-order chi connectivity index (χ0) is 22.9. The Kier molecular flexibility index (Phi) is 7.26. The van der Waals surface area contributed by atoms with Crippen LogP contribution in [0.1, 0.15) is 77.0 Å². The Labute approximate surface area is 198 Å². The molecule has 7 heteroatoms. The molecular formula is C26H44FN5O. The van der Waals surface area contributed by atoms with Crippen LogP contribution in [0.4, 0.5) is 4.39 Å². The van der Waals surface area contributed by atoms with Gasteiger partial charge in [0.25, 0.3) is 0 Å². The Balaban J connectivity index is 1.33. The van der Waals surface area contributed by atoms with Crippen LogP contribution >= 0.6 is 0 Å². The molecule has 0 aromatic heterocycles. The van der Waals surface area contributed by atoms with Crippen molar-refractivity contribution in [2.24, 2.45) is 35.3 Å². The van der Waals surface area contributed by atoms with Gasteiger partial charge in [0.1, 0.15) is 6.17 Å². The molecule has 186 valence electrons. The van der Waals surface area contributed by atoms with Gasteiger partial charge in [-0.1, -0.05) is 32.1 Å². The highest BCUT2D eigenvalue weighted by atomic mass is 19.1.